The number of hydrogen-bond acceptors (Lipinski definition) is 3. The Hall–Kier alpha value is -2.94. The van der Waals surface area contributed by atoms with Gasteiger partial charge in [0, 0.05) is 18.7 Å². The average molecular weight is 333 g/mol. The lowest BCUT2D eigenvalue weighted by Gasteiger charge is -2.09. The second-order valence-electron chi connectivity index (χ2n) is 5.81. The predicted molar refractivity (Wildman–Crippen MR) is 102 cm³/mol. The molecular weight excluding hydrogens is 310 g/mol. The van der Waals surface area contributed by atoms with Gasteiger partial charge in [0.05, 0.1) is 13.7 Å². The van der Waals surface area contributed by atoms with Gasteiger partial charge in [-0.3, -0.25) is 0 Å². The third kappa shape index (κ3) is 5.28. The summed E-state index contributed by atoms with van der Waals surface area (Å²) in [5, 5.41) is 3.40. The molecule has 0 bridgehead atoms. The number of hydrogen-bond donors (Lipinski definition) is 1. The Morgan fingerprint density at radius 1 is 0.720 bits per heavy atom. The highest BCUT2D eigenvalue weighted by molar-refractivity contribution is 5.47. The zero-order valence-corrected chi connectivity index (χ0v) is 14.4. The van der Waals surface area contributed by atoms with Crippen LogP contribution in [0.15, 0.2) is 78.9 Å². The molecule has 0 radical (unpaired) electrons. The number of nitrogens with one attached hydrogen (secondary N) is 1. The van der Waals surface area contributed by atoms with E-state index in [4.69, 9.17) is 9.47 Å². The molecule has 0 aliphatic heterocycles. The van der Waals surface area contributed by atoms with Crippen molar-refractivity contribution in [1.82, 2.24) is 0 Å². The summed E-state index contributed by atoms with van der Waals surface area (Å²) in [7, 11) is 1.67. The van der Waals surface area contributed by atoms with Crippen molar-refractivity contribution in [1.29, 1.82) is 0 Å². The summed E-state index contributed by atoms with van der Waals surface area (Å²) < 4.78 is 11.0. The second-order valence-corrected chi connectivity index (χ2v) is 5.81. The van der Waals surface area contributed by atoms with Crippen LogP contribution in [0, 0.1) is 0 Å². The lowest BCUT2D eigenvalue weighted by Crippen LogP contribution is -2.02. The van der Waals surface area contributed by atoms with Crippen molar-refractivity contribution in [2.45, 2.75) is 13.0 Å². The first-order valence-corrected chi connectivity index (χ1v) is 8.47. The lowest BCUT2D eigenvalue weighted by molar-refractivity contribution is 0.322. The molecule has 3 aromatic carbocycles. The van der Waals surface area contributed by atoms with Gasteiger partial charge in [-0.1, -0.05) is 42.5 Å². The Morgan fingerprint density at radius 3 is 2.08 bits per heavy atom. The van der Waals surface area contributed by atoms with Crippen LogP contribution in [-0.2, 0) is 13.0 Å². The summed E-state index contributed by atoms with van der Waals surface area (Å²) in [6, 6.07) is 26.5. The van der Waals surface area contributed by atoms with Gasteiger partial charge >= 0.3 is 0 Å². The van der Waals surface area contributed by atoms with Crippen molar-refractivity contribution in [3.8, 4) is 11.5 Å². The van der Waals surface area contributed by atoms with Gasteiger partial charge in [-0.05, 0) is 47.5 Å². The van der Waals surface area contributed by atoms with Crippen LogP contribution in [0.5, 0.6) is 11.5 Å². The summed E-state index contributed by atoms with van der Waals surface area (Å²) in [4.78, 5) is 0. The molecule has 0 saturated carbocycles. The largest absolute Gasteiger partial charge is 0.497 e. The van der Waals surface area contributed by atoms with Crippen LogP contribution in [0.3, 0.4) is 0 Å². The first-order chi connectivity index (χ1) is 12.3. The molecule has 0 aromatic heterocycles. The molecule has 1 N–H and O–H groups in total. The van der Waals surface area contributed by atoms with E-state index in [2.05, 4.69) is 41.7 Å². The molecule has 3 aromatic rings. The molecule has 0 heterocycles. The van der Waals surface area contributed by atoms with Gasteiger partial charge in [0.25, 0.3) is 0 Å². The third-order valence-corrected chi connectivity index (χ3v) is 4.01. The Balaban J connectivity index is 1.45. The first-order valence-electron chi connectivity index (χ1n) is 8.47. The maximum Gasteiger partial charge on any atom is 0.119 e. The number of rotatable bonds is 8. The van der Waals surface area contributed by atoms with Crippen molar-refractivity contribution in [2.24, 2.45) is 0 Å². The fraction of sp³-hybridized carbons (Fsp3) is 0.182. The minimum atomic E-state index is 0.688. The van der Waals surface area contributed by atoms with Crippen molar-refractivity contribution in [3.63, 3.8) is 0 Å². The van der Waals surface area contributed by atoms with E-state index in [0.29, 0.717) is 6.61 Å². The van der Waals surface area contributed by atoms with Crippen LogP contribution < -0.4 is 14.8 Å². The fourth-order valence-electron chi connectivity index (χ4n) is 2.55. The maximum absolute atomic E-state index is 5.82. The molecule has 3 heteroatoms. The van der Waals surface area contributed by atoms with Crippen molar-refractivity contribution < 1.29 is 9.47 Å². The lowest BCUT2D eigenvalue weighted by atomic mass is 10.2. The number of benzene rings is 3. The SMILES string of the molecule is COc1ccc(NCc2ccc(OCCc3ccccc3)cc2)cc1. The van der Waals surface area contributed by atoms with Crippen LogP contribution in [0.1, 0.15) is 11.1 Å². The van der Waals surface area contributed by atoms with Gasteiger partial charge in [0.1, 0.15) is 11.5 Å². The van der Waals surface area contributed by atoms with E-state index in [9.17, 15) is 0 Å². The van der Waals surface area contributed by atoms with Crippen molar-refractivity contribution in [2.75, 3.05) is 19.0 Å². The molecule has 3 nitrogen and oxygen atoms in total. The molecule has 3 rings (SSSR count). The van der Waals surface area contributed by atoms with E-state index >= 15 is 0 Å². The Kier molecular flexibility index (Phi) is 5.94. The van der Waals surface area contributed by atoms with E-state index in [1.54, 1.807) is 7.11 Å². The van der Waals surface area contributed by atoms with Gasteiger partial charge in [0.15, 0.2) is 0 Å². The minimum absolute atomic E-state index is 0.688. The summed E-state index contributed by atoms with van der Waals surface area (Å²) in [5.41, 5.74) is 3.58. The smallest absolute Gasteiger partial charge is 0.119 e. The maximum atomic E-state index is 5.82. The number of methoxy groups -OCH3 is 1. The van der Waals surface area contributed by atoms with Crippen molar-refractivity contribution in [3.05, 3.63) is 90.0 Å². The molecule has 0 aliphatic rings. The van der Waals surface area contributed by atoms with Gasteiger partial charge in [-0.15, -0.1) is 0 Å². The summed E-state index contributed by atoms with van der Waals surface area (Å²) in [5.74, 6) is 1.77. The molecule has 0 saturated heterocycles. The molecule has 0 unspecified atom stereocenters. The summed E-state index contributed by atoms with van der Waals surface area (Å²) in [6.07, 6.45) is 0.918. The molecule has 0 fully saturated rings. The Morgan fingerprint density at radius 2 is 1.40 bits per heavy atom. The predicted octanol–water partition coefficient (Wildman–Crippen LogP) is 4.93. The monoisotopic (exact) mass is 333 g/mol. The van der Waals surface area contributed by atoms with E-state index in [1.165, 1.54) is 11.1 Å². The zero-order valence-electron chi connectivity index (χ0n) is 14.4. The molecular formula is C22H23NO2. The van der Waals surface area contributed by atoms with Gasteiger partial charge in [0.2, 0.25) is 0 Å². The summed E-state index contributed by atoms with van der Waals surface area (Å²) >= 11 is 0. The molecule has 0 aliphatic carbocycles. The van der Waals surface area contributed by atoms with Gasteiger partial charge in [-0.25, -0.2) is 0 Å². The van der Waals surface area contributed by atoms with E-state index < -0.39 is 0 Å². The van der Waals surface area contributed by atoms with Crippen LogP contribution in [0.25, 0.3) is 0 Å². The highest BCUT2D eigenvalue weighted by Gasteiger charge is 1.98. The molecule has 0 amide bonds. The Bertz CT molecular complexity index is 752. The standard InChI is InChI=1S/C22H23NO2/c1-24-21-13-9-20(10-14-21)23-17-19-7-11-22(12-8-19)25-16-15-18-5-3-2-4-6-18/h2-14,23H,15-17H2,1H3. The van der Waals surface area contributed by atoms with Gasteiger partial charge < -0.3 is 14.8 Å². The Labute approximate surface area is 149 Å². The van der Waals surface area contributed by atoms with E-state index in [1.807, 2.05) is 42.5 Å². The van der Waals surface area contributed by atoms with Crippen LogP contribution in [0.4, 0.5) is 5.69 Å². The number of ether oxygens (including phenoxy) is 2. The van der Waals surface area contributed by atoms with E-state index in [-0.39, 0.29) is 0 Å². The highest BCUT2D eigenvalue weighted by Crippen LogP contribution is 2.17. The molecule has 0 spiro atoms. The minimum Gasteiger partial charge on any atom is -0.497 e. The van der Waals surface area contributed by atoms with Crippen LogP contribution in [-0.4, -0.2) is 13.7 Å². The van der Waals surface area contributed by atoms with E-state index in [0.717, 1.165) is 30.2 Å². The molecule has 0 atom stereocenters. The quantitative estimate of drug-likeness (QED) is 0.634. The third-order valence-electron chi connectivity index (χ3n) is 4.01. The summed E-state index contributed by atoms with van der Waals surface area (Å²) in [6.45, 7) is 1.46. The van der Waals surface area contributed by atoms with Crippen LogP contribution in [0.2, 0.25) is 0 Å². The zero-order chi connectivity index (χ0) is 17.3. The first kappa shape index (κ1) is 16.9. The van der Waals surface area contributed by atoms with Crippen LogP contribution >= 0.6 is 0 Å². The second kappa shape index (κ2) is 8.78. The normalized spacial score (nSPS) is 10.3. The fourth-order valence-corrected chi connectivity index (χ4v) is 2.55. The van der Waals surface area contributed by atoms with Gasteiger partial charge in [-0.2, -0.15) is 0 Å². The average Bonchev–Trinajstić information content (AvgIpc) is 2.68. The molecule has 25 heavy (non-hydrogen) atoms. The topological polar surface area (TPSA) is 30.5 Å². The number of anilines is 1. The van der Waals surface area contributed by atoms with Crippen molar-refractivity contribution >= 4 is 5.69 Å². The highest BCUT2D eigenvalue weighted by atomic mass is 16.5. The molecule has 128 valence electrons.